The summed E-state index contributed by atoms with van der Waals surface area (Å²) >= 11 is 0. The number of hydrogen-bond donors (Lipinski definition) is 2. The van der Waals surface area contributed by atoms with Crippen molar-refractivity contribution in [3.8, 4) is 5.75 Å². The fraction of sp³-hybridized carbons (Fsp3) is 0.467. The van der Waals surface area contributed by atoms with Crippen LogP contribution in [0.5, 0.6) is 5.75 Å². The Hall–Kier alpha value is -2.24. The highest BCUT2D eigenvalue weighted by atomic mass is 16.6. The van der Waals surface area contributed by atoms with Crippen molar-refractivity contribution in [2.45, 2.75) is 33.3 Å². The summed E-state index contributed by atoms with van der Waals surface area (Å²) in [4.78, 5) is 22.3. The van der Waals surface area contributed by atoms with Crippen molar-refractivity contribution >= 4 is 12.1 Å². The van der Waals surface area contributed by atoms with Crippen LogP contribution in [0.4, 0.5) is 4.79 Å². The van der Waals surface area contributed by atoms with Gasteiger partial charge in [-0.15, -0.1) is 0 Å². The Morgan fingerprint density at radius 3 is 2.52 bits per heavy atom. The van der Waals surface area contributed by atoms with E-state index in [9.17, 15) is 9.59 Å². The maximum absolute atomic E-state index is 11.4. The lowest BCUT2D eigenvalue weighted by Crippen LogP contribution is -2.34. The lowest BCUT2D eigenvalue weighted by molar-refractivity contribution is 0.0520. The minimum atomic E-state index is -1.01. The van der Waals surface area contributed by atoms with Crippen LogP contribution in [-0.2, 0) is 4.74 Å². The maximum atomic E-state index is 11.4. The summed E-state index contributed by atoms with van der Waals surface area (Å²) in [5, 5.41) is 11.5. The van der Waals surface area contributed by atoms with Crippen LogP contribution < -0.4 is 10.1 Å². The molecule has 0 aliphatic carbocycles. The van der Waals surface area contributed by atoms with Gasteiger partial charge in [-0.05, 0) is 45.4 Å². The molecular weight excluding hydrogens is 274 g/mol. The van der Waals surface area contributed by atoms with Gasteiger partial charge in [-0.2, -0.15) is 0 Å². The zero-order valence-electron chi connectivity index (χ0n) is 12.7. The van der Waals surface area contributed by atoms with Crippen LogP contribution in [0.15, 0.2) is 18.2 Å². The number of carbonyl (C=O) groups is 2. The third-order valence-electron chi connectivity index (χ3n) is 2.46. The van der Waals surface area contributed by atoms with E-state index in [2.05, 4.69) is 5.32 Å². The minimum Gasteiger partial charge on any atom is -0.491 e. The molecule has 0 aliphatic rings. The predicted octanol–water partition coefficient (Wildman–Crippen LogP) is 2.60. The summed E-state index contributed by atoms with van der Waals surface area (Å²) in [7, 11) is 0. The highest BCUT2D eigenvalue weighted by molar-refractivity contribution is 5.88. The fourth-order valence-corrected chi connectivity index (χ4v) is 1.52. The van der Waals surface area contributed by atoms with Crippen molar-refractivity contribution in [3.05, 3.63) is 29.3 Å². The largest absolute Gasteiger partial charge is 0.491 e. The monoisotopic (exact) mass is 295 g/mol. The quantitative estimate of drug-likeness (QED) is 0.816. The number of alkyl carbamates (subject to hydrolysis) is 1. The summed E-state index contributed by atoms with van der Waals surface area (Å²) in [5.74, 6) is -0.521. The molecule has 0 saturated carbocycles. The molecule has 6 heteroatoms. The zero-order valence-corrected chi connectivity index (χ0v) is 12.7. The summed E-state index contributed by atoms with van der Waals surface area (Å²) in [5.41, 5.74) is 0.449. The molecule has 0 radical (unpaired) electrons. The molecular formula is C15H21NO5. The van der Waals surface area contributed by atoms with Crippen molar-refractivity contribution < 1.29 is 24.2 Å². The summed E-state index contributed by atoms with van der Waals surface area (Å²) in [6, 6.07) is 4.66. The van der Waals surface area contributed by atoms with Crippen LogP contribution in [0, 0.1) is 6.92 Å². The Morgan fingerprint density at radius 1 is 1.29 bits per heavy atom. The van der Waals surface area contributed by atoms with E-state index in [4.69, 9.17) is 14.6 Å². The van der Waals surface area contributed by atoms with E-state index in [0.717, 1.165) is 5.56 Å². The van der Waals surface area contributed by atoms with Crippen LogP contribution >= 0.6 is 0 Å². The van der Waals surface area contributed by atoms with E-state index >= 15 is 0 Å². The highest BCUT2D eigenvalue weighted by Gasteiger charge is 2.15. The van der Waals surface area contributed by atoms with Crippen molar-refractivity contribution in [1.29, 1.82) is 0 Å². The number of rotatable bonds is 5. The molecule has 0 aliphatic heterocycles. The molecule has 116 valence electrons. The Balaban J connectivity index is 2.44. The van der Waals surface area contributed by atoms with Gasteiger partial charge in [-0.3, -0.25) is 0 Å². The molecule has 1 aromatic carbocycles. The average Bonchev–Trinajstić information content (AvgIpc) is 2.34. The fourth-order valence-electron chi connectivity index (χ4n) is 1.52. The standard InChI is InChI=1S/C15H21NO5/c1-10-5-6-11(13(17)18)9-12(10)20-8-7-16-14(19)21-15(2,3)4/h5-6,9H,7-8H2,1-4H3,(H,16,19)(H,17,18). The predicted molar refractivity (Wildman–Crippen MR) is 77.9 cm³/mol. The molecule has 1 aromatic rings. The van der Waals surface area contributed by atoms with Gasteiger partial charge in [0.05, 0.1) is 12.1 Å². The molecule has 0 saturated heterocycles. The second-order valence-corrected chi connectivity index (χ2v) is 5.56. The van der Waals surface area contributed by atoms with Gasteiger partial charge in [0.2, 0.25) is 0 Å². The van der Waals surface area contributed by atoms with E-state index in [0.29, 0.717) is 5.75 Å². The van der Waals surface area contributed by atoms with Crippen molar-refractivity contribution in [3.63, 3.8) is 0 Å². The second kappa shape index (κ2) is 6.97. The number of amides is 1. The first-order valence-corrected chi connectivity index (χ1v) is 6.62. The molecule has 0 unspecified atom stereocenters. The Morgan fingerprint density at radius 2 is 1.95 bits per heavy atom. The Bertz CT molecular complexity index is 519. The van der Waals surface area contributed by atoms with E-state index in [1.807, 2.05) is 6.92 Å². The number of benzene rings is 1. The van der Waals surface area contributed by atoms with Gasteiger partial charge in [0, 0.05) is 0 Å². The molecule has 2 N–H and O–H groups in total. The van der Waals surface area contributed by atoms with Gasteiger partial charge < -0.3 is 19.9 Å². The van der Waals surface area contributed by atoms with Gasteiger partial charge in [-0.1, -0.05) is 6.07 Å². The summed E-state index contributed by atoms with van der Waals surface area (Å²) in [6.45, 7) is 7.66. The number of carboxylic acids is 1. The van der Waals surface area contributed by atoms with Crippen LogP contribution in [0.3, 0.4) is 0 Å². The highest BCUT2D eigenvalue weighted by Crippen LogP contribution is 2.19. The van der Waals surface area contributed by atoms with Crippen LogP contribution in [0.25, 0.3) is 0 Å². The first-order valence-electron chi connectivity index (χ1n) is 6.62. The van der Waals surface area contributed by atoms with Crippen molar-refractivity contribution in [2.75, 3.05) is 13.2 Å². The molecule has 6 nitrogen and oxygen atoms in total. The smallest absolute Gasteiger partial charge is 0.407 e. The lowest BCUT2D eigenvalue weighted by Gasteiger charge is -2.19. The van der Waals surface area contributed by atoms with E-state index < -0.39 is 17.7 Å². The van der Waals surface area contributed by atoms with Crippen molar-refractivity contribution in [2.24, 2.45) is 0 Å². The summed E-state index contributed by atoms with van der Waals surface area (Å²) in [6.07, 6.45) is -0.512. The third kappa shape index (κ3) is 6.16. The number of aromatic carboxylic acids is 1. The number of ether oxygens (including phenoxy) is 2. The molecule has 21 heavy (non-hydrogen) atoms. The zero-order chi connectivity index (χ0) is 16.0. The Labute approximate surface area is 124 Å². The molecule has 0 atom stereocenters. The number of hydrogen-bond acceptors (Lipinski definition) is 4. The third-order valence-corrected chi connectivity index (χ3v) is 2.46. The lowest BCUT2D eigenvalue weighted by atomic mass is 10.1. The van der Waals surface area contributed by atoms with Crippen LogP contribution in [0.2, 0.25) is 0 Å². The topological polar surface area (TPSA) is 84.9 Å². The second-order valence-electron chi connectivity index (χ2n) is 5.56. The van der Waals surface area contributed by atoms with Crippen molar-refractivity contribution in [1.82, 2.24) is 5.32 Å². The average molecular weight is 295 g/mol. The number of nitrogens with one attached hydrogen (secondary N) is 1. The first kappa shape index (κ1) is 16.8. The van der Waals surface area contributed by atoms with E-state index in [1.54, 1.807) is 26.8 Å². The Kier molecular flexibility index (Phi) is 5.58. The molecule has 0 spiro atoms. The maximum Gasteiger partial charge on any atom is 0.407 e. The first-order chi connectivity index (χ1) is 9.69. The van der Waals surface area contributed by atoms with Gasteiger partial charge in [0.15, 0.2) is 0 Å². The molecule has 0 bridgehead atoms. The van der Waals surface area contributed by atoms with Gasteiger partial charge >= 0.3 is 12.1 Å². The number of carboxylic acid groups (broad SMARTS) is 1. The van der Waals surface area contributed by atoms with E-state index in [1.165, 1.54) is 12.1 Å². The SMILES string of the molecule is Cc1ccc(C(=O)O)cc1OCCNC(=O)OC(C)(C)C. The van der Waals surface area contributed by atoms with Crippen LogP contribution in [0.1, 0.15) is 36.7 Å². The van der Waals surface area contributed by atoms with Crippen LogP contribution in [-0.4, -0.2) is 35.9 Å². The molecule has 0 fully saturated rings. The number of aryl methyl sites for hydroxylation is 1. The normalized spacial score (nSPS) is 10.9. The van der Waals surface area contributed by atoms with Gasteiger partial charge in [0.1, 0.15) is 18.0 Å². The minimum absolute atomic E-state index is 0.163. The van der Waals surface area contributed by atoms with E-state index in [-0.39, 0.29) is 18.7 Å². The molecule has 1 rings (SSSR count). The molecule has 1 amide bonds. The van der Waals surface area contributed by atoms with Gasteiger partial charge in [0.25, 0.3) is 0 Å². The van der Waals surface area contributed by atoms with Gasteiger partial charge in [-0.25, -0.2) is 9.59 Å². The number of carbonyl (C=O) groups excluding carboxylic acids is 1. The molecule has 0 aromatic heterocycles. The molecule has 0 heterocycles. The summed E-state index contributed by atoms with van der Waals surface area (Å²) < 4.78 is 10.6.